The van der Waals surface area contributed by atoms with E-state index in [9.17, 15) is 13.5 Å². The number of nitrogens with zero attached hydrogens (tertiary/aromatic N) is 2. The minimum atomic E-state index is -3.84. The van der Waals surface area contributed by atoms with Gasteiger partial charge in [0.05, 0.1) is 10.6 Å². The highest BCUT2D eigenvalue weighted by molar-refractivity contribution is 7.92. The topological polar surface area (TPSA) is 84.2 Å². The molecule has 0 bridgehead atoms. The van der Waals surface area contributed by atoms with Gasteiger partial charge in [0.1, 0.15) is 16.3 Å². The average molecular weight is 363 g/mol. The van der Waals surface area contributed by atoms with Gasteiger partial charge in [0.15, 0.2) is 0 Å². The summed E-state index contributed by atoms with van der Waals surface area (Å²) in [7, 11) is -3.84. The average Bonchev–Trinajstić information content (AvgIpc) is 3.16. The molecule has 24 heavy (non-hydrogen) atoms. The van der Waals surface area contributed by atoms with Gasteiger partial charge < -0.3 is 5.11 Å². The summed E-state index contributed by atoms with van der Waals surface area (Å²) in [6.45, 7) is 3.87. The number of thiophene rings is 1. The predicted molar refractivity (Wildman–Crippen MR) is 94.8 cm³/mol. The summed E-state index contributed by atoms with van der Waals surface area (Å²) in [6.07, 6.45) is 1.53. The van der Waals surface area contributed by atoms with Gasteiger partial charge in [-0.1, -0.05) is 12.1 Å². The van der Waals surface area contributed by atoms with Gasteiger partial charge in [0, 0.05) is 18.3 Å². The summed E-state index contributed by atoms with van der Waals surface area (Å²) < 4.78 is 29.8. The maximum absolute atomic E-state index is 12.8. The Hall–Kier alpha value is -2.32. The van der Waals surface area contributed by atoms with E-state index in [0.29, 0.717) is 11.4 Å². The van der Waals surface area contributed by atoms with Crippen LogP contribution in [0.3, 0.4) is 0 Å². The Bertz CT molecular complexity index is 945. The van der Waals surface area contributed by atoms with Crippen LogP contribution in [0.1, 0.15) is 19.9 Å². The fourth-order valence-electron chi connectivity index (χ4n) is 2.20. The molecule has 2 heterocycles. The number of nitrogens with one attached hydrogen (secondary N) is 1. The lowest BCUT2D eigenvalue weighted by molar-refractivity contribution is 0.475. The zero-order valence-corrected chi connectivity index (χ0v) is 14.8. The second-order valence-corrected chi connectivity index (χ2v) is 8.15. The van der Waals surface area contributed by atoms with Gasteiger partial charge in [-0.15, -0.1) is 11.3 Å². The quantitative estimate of drug-likeness (QED) is 0.724. The highest BCUT2D eigenvalue weighted by Gasteiger charge is 2.25. The maximum atomic E-state index is 12.8. The number of phenolic OH excluding ortho intramolecular Hbond substituents is 1. The van der Waals surface area contributed by atoms with E-state index in [2.05, 4.69) is 9.82 Å². The molecule has 0 radical (unpaired) electrons. The van der Waals surface area contributed by atoms with Crippen LogP contribution in [0.15, 0.2) is 52.9 Å². The molecule has 2 aromatic heterocycles. The number of sulfonamides is 1. The van der Waals surface area contributed by atoms with Crippen LogP contribution in [-0.4, -0.2) is 23.3 Å². The lowest BCUT2D eigenvalue weighted by Gasteiger charge is -2.08. The number of benzene rings is 1. The van der Waals surface area contributed by atoms with E-state index >= 15 is 0 Å². The van der Waals surface area contributed by atoms with Crippen molar-refractivity contribution >= 4 is 27.0 Å². The largest absolute Gasteiger partial charge is 0.508 e. The van der Waals surface area contributed by atoms with Crippen molar-refractivity contribution in [3.05, 3.63) is 48.0 Å². The van der Waals surface area contributed by atoms with E-state index in [1.165, 1.54) is 29.7 Å². The molecule has 0 fully saturated rings. The van der Waals surface area contributed by atoms with Gasteiger partial charge in [-0.3, -0.25) is 9.40 Å². The monoisotopic (exact) mass is 363 g/mol. The summed E-state index contributed by atoms with van der Waals surface area (Å²) in [4.78, 5) is 0.896. The molecule has 0 spiro atoms. The standard InChI is InChI=1S/C16H17N3O3S2/c1-11(2)19-10-15(16(17-19)14-7-4-8-23-14)24(21,22)18-12-5-3-6-13(20)9-12/h3-11,18,20H,1-2H3. The van der Waals surface area contributed by atoms with Crippen molar-refractivity contribution in [2.24, 2.45) is 0 Å². The third kappa shape index (κ3) is 3.29. The van der Waals surface area contributed by atoms with Crippen molar-refractivity contribution in [3.63, 3.8) is 0 Å². The van der Waals surface area contributed by atoms with E-state index in [-0.39, 0.29) is 16.7 Å². The molecule has 0 amide bonds. The number of rotatable bonds is 5. The summed E-state index contributed by atoms with van der Waals surface area (Å²) in [5.74, 6) is -0.00782. The van der Waals surface area contributed by atoms with Crippen molar-refractivity contribution in [3.8, 4) is 16.3 Å². The molecule has 0 saturated heterocycles. The Morgan fingerprint density at radius 3 is 2.67 bits per heavy atom. The van der Waals surface area contributed by atoms with Gasteiger partial charge in [-0.05, 0) is 37.4 Å². The minimum absolute atomic E-state index is 0.00782. The highest BCUT2D eigenvalue weighted by Crippen LogP contribution is 2.31. The van der Waals surface area contributed by atoms with Crippen molar-refractivity contribution in [1.29, 1.82) is 0 Å². The molecule has 0 atom stereocenters. The molecule has 126 valence electrons. The third-order valence-corrected chi connectivity index (χ3v) is 5.63. The molecular weight excluding hydrogens is 346 g/mol. The number of aromatic nitrogens is 2. The molecule has 6 nitrogen and oxygen atoms in total. The number of aromatic hydroxyl groups is 1. The second kappa shape index (κ2) is 6.29. The molecule has 8 heteroatoms. The first-order valence-electron chi connectivity index (χ1n) is 7.32. The molecular formula is C16H17N3O3S2. The van der Waals surface area contributed by atoms with E-state index in [1.807, 2.05) is 31.4 Å². The van der Waals surface area contributed by atoms with E-state index in [1.54, 1.807) is 16.8 Å². The third-order valence-electron chi connectivity index (χ3n) is 3.37. The first kappa shape index (κ1) is 16.5. The summed E-state index contributed by atoms with van der Waals surface area (Å²) >= 11 is 1.43. The van der Waals surface area contributed by atoms with Gasteiger partial charge in [-0.2, -0.15) is 5.10 Å². The molecule has 0 saturated carbocycles. The molecule has 1 aromatic carbocycles. The lowest BCUT2D eigenvalue weighted by atomic mass is 10.3. The molecule has 3 rings (SSSR count). The summed E-state index contributed by atoms with van der Waals surface area (Å²) in [5, 5.41) is 15.8. The number of hydrogen-bond donors (Lipinski definition) is 2. The normalized spacial score (nSPS) is 11.8. The van der Waals surface area contributed by atoms with Crippen molar-refractivity contribution in [2.75, 3.05) is 4.72 Å². The SMILES string of the molecule is CC(C)n1cc(S(=O)(=O)Nc2cccc(O)c2)c(-c2cccs2)n1. The Kier molecular flexibility index (Phi) is 4.33. The fourth-order valence-corrected chi connectivity index (χ4v) is 4.19. The van der Waals surface area contributed by atoms with E-state index in [4.69, 9.17) is 0 Å². The number of hydrogen-bond acceptors (Lipinski definition) is 5. The van der Waals surface area contributed by atoms with Crippen LogP contribution in [0.25, 0.3) is 10.6 Å². The lowest BCUT2D eigenvalue weighted by Crippen LogP contribution is -2.13. The zero-order chi connectivity index (χ0) is 17.3. The first-order valence-corrected chi connectivity index (χ1v) is 9.68. The highest BCUT2D eigenvalue weighted by atomic mass is 32.2. The van der Waals surface area contributed by atoms with Crippen molar-refractivity contribution in [1.82, 2.24) is 9.78 Å². The van der Waals surface area contributed by atoms with E-state index < -0.39 is 10.0 Å². The van der Waals surface area contributed by atoms with Crippen LogP contribution in [0.5, 0.6) is 5.75 Å². The fraction of sp³-hybridized carbons (Fsp3) is 0.188. The zero-order valence-electron chi connectivity index (χ0n) is 13.2. The molecule has 3 aromatic rings. The summed E-state index contributed by atoms with van der Waals surface area (Å²) in [6, 6.07) is 9.72. The summed E-state index contributed by atoms with van der Waals surface area (Å²) in [5.41, 5.74) is 0.718. The second-order valence-electron chi connectivity index (χ2n) is 5.55. The van der Waals surface area contributed by atoms with Crippen LogP contribution < -0.4 is 4.72 Å². The van der Waals surface area contributed by atoms with Gasteiger partial charge >= 0.3 is 0 Å². The van der Waals surface area contributed by atoms with Crippen LogP contribution >= 0.6 is 11.3 Å². The Balaban J connectivity index is 2.06. The molecule has 0 unspecified atom stereocenters. The molecule has 0 aliphatic carbocycles. The van der Waals surface area contributed by atoms with Gasteiger partial charge in [-0.25, -0.2) is 8.42 Å². The van der Waals surface area contributed by atoms with Crippen molar-refractivity contribution in [2.45, 2.75) is 24.8 Å². The predicted octanol–water partition coefficient (Wildman–Crippen LogP) is 3.70. The first-order chi connectivity index (χ1) is 11.4. The molecule has 2 N–H and O–H groups in total. The minimum Gasteiger partial charge on any atom is -0.508 e. The Morgan fingerprint density at radius 2 is 2.04 bits per heavy atom. The van der Waals surface area contributed by atoms with Gasteiger partial charge in [0.25, 0.3) is 10.0 Å². The Labute approximate surface area is 144 Å². The van der Waals surface area contributed by atoms with Gasteiger partial charge in [0.2, 0.25) is 0 Å². The molecule has 0 aliphatic rings. The van der Waals surface area contributed by atoms with Crippen LogP contribution in [0.2, 0.25) is 0 Å². The van der Waals surface area contributed by atoms with E-state index in [0.717, 1.165) is 4.88 Å². The van der Waals surface area contributed by atoms with Crippen LogP contribution in [-0.2, 0) is 10.0 Å². The van der Waals surface area contributed by atoms with Crippen LogP contribution in [0.4, 0.5) is 5.69 Å². The van der Waals surface area contributed by atoms with Crippen molar-refractivity contribution < 1.29 is 13.5 Å². The smallest absolute Gasteiger partial charge is 0.265 e. The van der Waals surface area contributed by atoms with Crippen LogP contribution in [0, 0.1) is 0 Å². The molecule has 0 aliphatic heterocycles. The number of phenols is 1. The Morgan fingerprint density at radius 1 is 1.25 bits per heavy atom. The maximum Gasteiger partial charge on any atom is 0.265 e. The number of anilines is 1.